The van der Waals surface area contributed by atoms with Crippen LogP contribution >= 0.6 is 12.2 Å². The predicted octanol–water partition coefficient (Wildman–Crippen LogP) is 6.13. The first-order chi connectivity index (χ1) is 15.1. The van der Waals surface area contributed by atoms with Crippen molar-refractivity contribution >= 4 is 29.0 Å². The molecule has 4 nitrogen and oxygen atoms in total. The van der Waals surface area contributed by atoms with Gasteiger partial charge in [-0.05, 0) is 83.3 Å². The molecule has 1 aliphatic rings. The Kier molecular flexibility index (Phi) is 7.60. The molecule has 2 aromatic rings. The largest absolute Gasteiger partial charge is 0.462 e. The van der Waals surface area contributed by atoms with Crippen molar-refractivity contribution in [1.82, 2.24) is 5.32 Å². The van der Waals surface area contributed by atoms with E-state index < -0.39 is 0 Å². The van der Waals surface area contributed by atoms with Crippen LogP contribution in [-0.4, -0.2) is 24.2 Å². The molecule has 0 amide bonds. The first kappa shape index (κ1) is 24.2. The maximum Gasteiger partial charge on any atom is 0.338 e. The topological polar surface area (TPSA) is 50.4 Å². The van der Waals surface area contributed by atoms with Crippen LogP contribution in [0.25, 0.3) is 0 Å². The Morgan fingerprint density at radius 3 is 2.31 bits per heavy atom. The first-order valence-corrected chi connectivity index (χ1v) is 12.0. The standard InChI is InChI=1S/C27H36N2O2S/c1-6-16-28-25(32)29-21-10-7-19(8-11-21)13-17-31-24(30)20-9-12-22-23(18-20)27(4,5)15-14-26(22,2)3/h7-12,18H,6,13-17H2,1-5H3,(H2,28,29,32). The molecule has 0 aliphatic heterocycles. The summed E-state index contributed by atoms with van der Waals surface area (Å²) in [6, 6.07) is 14.1. The van der Waals surface area contributed by atoms with E-state index in [0.717, 1.165) is 37.1 Å². The maximum absolute atomic E-state index is 12.7. The van der Waals surface area contributed by atoms with Gasteiger partial charge in [-0.15, -0.1) is 0 Å². The minimum atomic E-state index is -0.252. The van der Waals surface area contributed by atoms with Crippen LogP contribution in [0.15, 0.2) is 42.5 Å². The van der Waals surface area contributed by atoms with Gasteiger partial charge in [-0.25, -0.2) is 4.79 Å². The molecule has 2 N–H and O–H groups in total. The molecule has 32 heavy (non-hydrogen) atoms. The summed E-state index contributed by atoms with van der Waals surface area (Å²) < 4.78 is 5.60. The van der Waals surface area contributed by atoms with E-state index >= 15 is 0 Å². The summed E-state index contributed by atoms with van der Waals surface area (Å²) in [5.74, 6) is -0.252. The van der Waals surface area contributed by atoms with Gasteiger partial charge in [-0.1, -0.05) is 52.8 Å². The molecular formula is C27H36N2O2S. The van der Waals surface area contributed by atoms with Crippen molar-refractivity contribution in [2.45, 2.75) is 71.1 Å². The molecule has 0 fully saturated rings. The number of carbonyl (C=O) groups is 1. The number of hydrogen-bond donors (Lipinski definition) is 2. The molecule has 172 valence electrons. The molecule has 0 atom stereocenters. The van der Waals surface area contributed by atoms with Crippen LogP contribution in [-0.2, 0) is 22.0 Å². The predicted molar refractivity (Wildman–Crippen MR) is 137 cm³/mol. The fourth-order valence-electron chi connectivity index (χ4n) is 4.23. The number of esters is 1. The fraction of sp³-hybridized carbons (Fsp3) is 0.481. The zero-order chi connectivity index (χ0) is 23.4. The zero-order valence-electron chi connectivity index (χ0n) is 20.0. The lowest BCUT2D eigenvalue weighted by molar-refractivity contribution is 0.0509. The highest BCUT2D eigenvalue weighted by atomic mass is 32.1. The molecule has 0 heterocycles. The minimum Gasteiger partial charge on any atom is -0.462 e. The highest BCUT2D eigenvalue weighted by Gasteiger charge is 2.37. The van der Waals surface area contributed by atoms with Gasteiger partial charge < -0.3 is 15.4 Å². The summed E-state index contributed by atoms with van der Waals surface area (Å²) >= 11 is 5.26. The van der Waals surface area contributed by atoms with Gasteiger partial charge in [0.1, 0.15) is 0 Å². The summed E-state index contributed by atoms with van der Waals surface area (Å²) in [5.41, 5.74) is 5.54. The average molecular weight is 453 g/mol. The number of carbonyl (C=O) groups excluding carboxylic acids is 1. The molecule has 0 spiro atoms. The van der Waals surface area contributed by atoms with E-state index in [-0.39, 0.29) is 16.8 Å². The van der Waals surface area contributed by atoms with Crippen molar-refractivity contribution in [3.05, 3.63) is 64.7 Å². The minimum absolute atomic E-state index is 0.0747. The lowest BCUT2D eigenvalue weighted by atomic mass is 9.63. The molecule has 3 rings (SSSR count). The van der Waals surface area contributed by atoms with Crippen molar-refractivity contribution in [1.29, 1.82) is 0 Å². The van der Waals surface area contributed by atoms with Gasteiger partial charge in [0.25, 0.3) is 0 Å². The van der Waals surface area contributed by atoms with Gasteiger partial charge >= 0.3 is 5.97 Å². The van der Waals surface area contributed by atoms with E-state index in [2.05, 4.69) is 57.4 Å². The second kappa shape index (κ2) is 10.0. The van der Waals surface area contributed by atoms with Crippen LogP contribution in [0.4, 0.5) is 5.69 Å². The highest BCUT2D eigenvalue weighted by Crippen LogP contribution is 2.45. The number of benzene rings is 2. The second-order valence-corrected chi connectivity index (χ2v) is 10.4. The number of ether oxygens (including phenoxy) is 1. The summed E-state index contributed by atoms with van der Waals surface area (Å²) in [5, 5.41) is 6.95. The van der Waals surface area contributed by atoms with E-state index in [1.807, 2.05) is 30.3 Å². The molecule has 0 saturated heterocycles. The Morgan fingerprint density at radius 1 is 1.00 bits per heavy atom. The lowest BCUT2D eigenvalue weighted by Gasteiger charge is -2.41. The Bertz CT molecular complexity index is 964. The second-order valence-electron chi connectivity index (χ2n) is 9.99. The molecule has 5 heteroatoms. The molecule has 0 unspecified atom stereocenters. The van der Waals surface area contributed by atoms with Gasteiger partial charge in [0.15, 0.2) is 5.11 Å². The van der Waals surface area contributed by atoms with Gasteiger partial charge in [0.2, 0.25) is 0 Å². The number of fused-ring (bicyclic) bond motifs is 1. The van der Waals surface area contributed by atoms with Crippen LogP contribution in [0.3, 0.4) is 0 Å². The molecule has 2 aromatic carbocycles. The number of nitrogens with one attached hydrogen (secondary N) is 2. The van der Waals surface area contributed by atoms with Crippen molar-refractivity contribution in [2.24, 2.45) is 0 Å². The summed E-state index contributed by atoms with van der Waals surface area (Å²) in [6.45, 7) is 12.4. The number of rotatable bonds is 7. The van der Waals surface area contributed by atoms with Crippen molar-refractivity contribution in [3.8, 4) is 0 Å². The molecule has 1 aliphatic carbocycles. The van der Waals surface area contributed by atoms with Crippen molar-refractivity contribution in [2.75, 3.05) is 18.5 Å². The first-order valence-electron chi connectivity index (χ1n) is 11.6. The zero-order valence-corrected chi connectivity index (χ0v) is 20.8. The monoisotopic (exact) mass is 452 g/mol. The van der Waals surface area contributed by atoms with Crippen LogP contribution in [0.1, 0.15) is 80.9 Å². The Labute approximate surface area is 198 Å². The lowest BCUT2D eigenvalue weighted by Crippen LogP contribution is -2.34. The smallest absolute Gasteiger partial charge is 0.338 e. The Balaban J connectivity index is 1.56. The van der Waals surface area contributed by atoms with E-state index in [1.165, 1.54) is 11.1 Å². The van der Waals surface area contributed by atoms with Crippen LogP contribution < -0.4 is 10.6 Å². The molecule has 0 radical (unpaired) electrons. The number of hydrogen-bond acceptors (Lipinski definition) is 3. The van der Waals surface area contributed by atoms with Gasteiger partial charge in [-0.2, -0.15) is 0 Å². The quantitative estimate of drug-likeness (QED) is 0.391. The average Bonchev–Trinajstić information content (AvgIpc) is 2.76. The van der Waals surface area contributed by atoms with Gasteiger partial charge in [0.05, 0.1) is 12.2 Å². The number of thiocarbonyl (C=S) groups is 1. The summed E-state index contributed by atoms with van der Waals surface area (Å²) in [7, 11) is 0. The van der Waals surface area contributed by atoms with Crippen molar-refractivity contribution in [3.63, 3.8) is 0 Å². The molecule has 0 aromatic heterocycles. The van der Waals surface area contributed by atoms with E-state index in [9.17, 15) is 4.79 Å². The third-order valence-corrected chi connectivity index (χ3v) is 6.71. The van der Waals surface area contributed by atoms with E-state index in [0.29, 0.717) is 23.7 Å². The van der Waals surface area contributed by atoms with Crippen LogP contribution in [0, 0.1) is 0 Å². The number of anilines is 1. The summed E-state index contributed by atoms with van der Waals surface area (Å²) in [6.07, 6.45) is 3.98. The normalized spacial score (nSPS) is 16.0. The van der Waals surface area contributed by atoms with E-state index in [4.69, 9.17) is 17.0 Å². The molecule has 0 bridgehead atoms. The van der Waals surface area contributed by atoms with E-state index in [1.54, 1.807) is 0 Å². The SMILES string of the molecule is CCCNC(=S)Nc1ccc(CCOC(=O)c2ccc3c(c2)C(C)(C)CCC3(C)C)cc1. The maximum atomic E-state index is 12.7. The Morgan fingerprint density at radius 2 is 1.66 bits per heavy atom. The Hall–Kier alpha value is -2.40. The summed E-state index contributed by atoms with van der Waals surface area (Å²) in [4.78, 5) is 12.7. The van der Waals surface area contributed by atoms with Crippen molar-refractivity contribution < 1.29 is 9.53 Å². The third-order valence-electron chi connectivity index (χ3n) is 6.46. The third kappa shape index (κ3) is 5.89. The van der Waals surface area contributed by atoms with Gasteiger partial charge in [-0.3, -0.25) is 0 Å². The highest BCUT2D eigenvalue weighted by molar-refractivity contribution is 7.80. The van der Waals surface area contributed by atoms with Crippen LogP contribution in [0.5, 0.6) is 0 Å². The molecular weight excluding hydrogens is 416 g/mol. The van der Waals surface area contributed by atoms with Crippen LogP contribution in [0.2, 0.25) is 0 Å². The molecule has 0 saturated carbocycles. The van der Waals surface area contributed by atoms with Gasteiger partial charge in [0, 0.05) is 18.7 Å². The fourth-order valence-corrected chi connectivity index (χ4v) is 4.45.